The lowest BCUT2D eigenvalue weighted by Gasteiger charge is -2.10. The van der Waals surface area contributed by atoms with E-state index in [9.17, 15) is 4.79 Å². The Labute approximate surface area is 74.3 Å². The molecular weight excluding hydrogens is 152 g/mol. The van der Waals surface area contributed by atoms with Crippen molar-refractivity contribution in [3.63, 3.8) is 0 Å². The quantitative estimate of drug-likeness (QED) is 0.571. The molecule has 0 N–H and O–H groups in total. The van der Waals surface area contributed by atoms with Gasteiger partial charge in [-0.15, -0.1) is 0 Å². The molecule has 12 heavy (non-hydrogen) atoms. The SMILES string of the molecule is CCCOCCC1(C(C)=O)CC1. The van der Waals surface area contributed by atoms with Gasteiger partial charge in [-0.2, -0.15) is 0 Å². The summed E-state index contributed by atoms with van der Waals surface area (Å²) in [4.78, 5) is 11.1. The molecular formula is C10H18O2. The van der Waals surface area contributed by atoms with Crippen LogP contribution in [0.25, 0.3) is 0 Å². The first-order valence-corrected chi connectivity index (χ1v) is 4.80. The Morgan fingerprint density at radius 2 is 2.08 bits per heavy atom. The highest BCUT2D eigenvalue weighted by Crippen LogP contribution is 2.49. The Bertz CT molecular complexity index is 159. The van der Waals surface area contributed by atoms with E-state index in [0.29, 0.717) is 5.78 Å². The molecule has 0 aromatic heterocycles. The first kappa shape index (κ1) is 9.72. The lowest BCUT2D eigenvalue weighted by Crippen LogP contribution is -2.14. The molecule has 0 atom stereocenters. The average Bonchev–Trinajstić information content (AvgIpc) is 2.79. The molecule has 1 aliphatic rings. The summed E-state index contributed by atoms with van der Waals surface area (Å²) in [5.41, 5.74) is 0.0355. The molecule has 2 heteroatoms. The van der Waals surface area contributed by atoms with Crippen LogP contribution in [-0.2, 0) is 9.53 Å². The van der Waals surface area contributed by atoms with E-state index < -0.39 is 0 Å². The lowest BCUT2D eigenvalue weighted by molar-refractivity contribution is -0.122. The number of Topliss-reactive ketones (excluding diaryl/α,β-unsaturated/α-hetero) is 1. The fourth-order valence-corrected chi connectivity index (χ4v) is 1.44. The number of hydrogen-bond acceptors (Lipinski definition) is 2. The first-order chi connectivity index (χ1) is 5.71. The van der Waals surface area contributed by atoms with Crippen molar-refractivity contribution < 1.29 is 9.53 Å². The monoisotopic (exact) mass is 170 g/mol. The molecule has 2 nitrogen and oxygen atoms in total. The highest BCUT2D eigenvalue weighted by atomic mass is 16.5. The molecule has 1 rings (SSSR count). The van der Waals surface area contributed by atoms with Gasteiger partial charge in [-0.25, -0.2) is 0 Å². The normalized spacial score (nSPS) is 19.2. The van der Waals surface area contributed by atoms with E-state index in [1.54, 1.807) is 6.92 Å². The van der Waals surface area contributed by atoms with E-state index in [1.807, 2.05) is 0 Å². The van der Waals surface area contributed by atoms with Crippen LogP contribution >= 0.6 is 0 Å². The average molecular weight is 170 g/mol. The van der Waals surface area contributed by atoms with Crippen molar-refractivity contribution in [1.29, 1.82) is 0 Å². The van der Waals surface area contributed by atoms with Crippen molar-refractivity contribution in [1.82, 2.24) is 0 Å². The number of ether oxygens (including phenoxy) is 1. The van der Waals surface area contributed by atoms with Crippen LogP contribution in [0.1, 0.15) is 39.5 Å². The summed E-state index contributed by atoms with van der Waals surface area (Å²) >= 11 is 0. The summed E-state index contributed by atoms with van der Waals surface area (Å²) in [5.74, 6) is 0.350. The van der Waals surface area contributed by atoms with Crippen molar-refractivity contribution in [2.45, 2.75) is 39.5 Å². The summed E-state index contributed by atoms with van der Waals surface area (Å²) in [7, 11) is 0. The van der Waals surface area contributed by atoms with Crippen LogP contribution in [0, 0.1) is 5.41 Å². The van der Waals surface area contributed by atoms with Crippen molar-refractivity contribution in [2.24, 2.45) is 5.41 Å². The molecule has 0 radical (unpaired) electrons. The largest absolute Gasteiger partial charge is 0.381 e. The van der Waals surface area contributed by atoms with Crippen LogP contribution in [0.5, 0.6) is 0 Å². The van der Waals surface area contributed by atoms with E-state index >= 15 is 0 Å². The first-order valence-electron chi connectivity index (χ1n) is 4.80. The minimum atomic E-state index is 0.0355. The zero-order valence-corrected chi connectivity index (χ0v) is 8.06. The van der Waals surface area contributed by atoms with Crippen molar-refractivity contribution in [3.05, 3.63) is 0 Å². The van der Waals surface area contributed by atoms with Gasteiger partial charge in [0.2, 0.25) is 0 Å². The van der Waals surface area contributed by atoms with Gasteiger partial charge in [0.1, 0.15) is 5.78 Å². The Balaban J connectivity index is 2.10. The van der Waals surface area contributed by atoms with Crippen molar-refractivity contribution in [3.8, 4) is 0 Å². The zero-order chi connectivity index (χ0) is 9.03. The summed E-state index contributed by atoms with van der Waals surface area (Å²) in [6.07, 6.45) is 4.16. The highest BCUT2D eigenvalue weighted by molar-refractivity contribution is 5.84. The van der Waals surface area contributed by atoms with Gasteiger partial charge in [-0.05, 0) is 32.6 Å². The third-order valence-corrected chi connectivity index (χ3v) is 2.67. The van der Waals surface area contributed by atoms with E-state index in [-0.39, 0.29) is 5.41 Å². The molecule has 0 unspecified atom stereocenters. The second-order valence-corrected chi connectivity index (χ2v) is 3.70. The molecule has 70 valence electrons. The molecule has 0 heterocycles. The third kappa shape index (κ3) is 2.31. The maximum absolute atomic E-state index is 11.1. The van der Waals surface area contributed by atoms with Gasteiger partial charge in [0.15, 0.2) is 0 Å². The smallest absolute Gasteiger partial charge is 0.136 e. The summed E-state index contributed by atoms with van der Waals surface area (Å²) in [5, 5.41) is 0. The Hall–Kier alpha value is -0.370. The molecule has 1 fully saturated rings. The molecule has 0 aromatic rings. The predicted molar refractivity (Wildman–Crippen MR) is 48.1 cm³/mol. The number of carbonyl (C=O) groups excluding carboxylic acids is 1. The van der Waals surface area contributed by atoms with Crippen LogP contribution in [0.3, 0.4) is 0 Å². The predicted octanol–water partition coefficient (Wildman–Crippen LogP) is 2.17. The standard InChI is InChI=1S/C10H18O2/c1-3-7-12-8-6-10(4-5-10)9(2)11/h3-8H2,1-2H3. The number of carbonyl (C=O) groups is 1. The van der Waals surface area contributed by atoms with E-state index in [4.69, 9.17) is 4.74 Å². The molecule has 0 saturated heterocycles. The van der Waals surface area contributed by atoms with Crippen LogP contribution < -0.4 is 0 Å². The summed E-state index contributed by atoms with van der Waals surface area (Å²) in [6, 6.07) is 0. The Morgan fingerprint density at radius 3 is 2.50 bits per heavy atom. The van der Waals surface area contributed by atoms with E-state index in [0.717, 1.165) is 38.9 Å². The maximum Gasteiger partial charge on any atom is 0.136 e. The third-order valence-electron chi connectivity index (χ3n) is 2.67. The second kappa shape index (κ2) is 4.04. The number of rotatable bonds is 6. The number of hydrogen-bond donors (Lipinski definition) is 0. The Morgan fingerprint density at radius 1 is 1.42 bits per heavy atom. The summed E-state index contributed by atoms with van der Waals surface area (Å²) in [6.45, 7) is 5.38. The van der Waals surface area contributed by atoms with E-state index in [2.05, 4.69) is 6.92 Å². The van der Waals surface area contributed by atoms with Crippen LogP contribution in [0.15, 0.2) is 0 Å². The van der Waals surface area contributed by atoms with Gasteiger partial charge in [-0.3, -0.25) is 4.79 Å². The van der Waals surface area contributed by atoms with Crippen molar-refractivity contribution >= 4 is 5.78 Å². The topological polar surface area (TPSA) is 26.3 Å². The van der Waals surface area contributed by atoms with Gasteiger partial charge in [0.05, 0.1) is 0 Å². The fourth-order valence-electron chi connectivity index (χ4n) is 1.44. The lowest BCUT2D eigenvalue weighted by atomic mass is 9.99. The van der Waals surface area contributed by atoms with Crippen LogP contribution in [0.2, 0.25) is 0 Å². The number of ketones is 1. The van der Waals surface area contributed by atoms with Gasteiger partial charge >= 0.3 is 0 Å². The van der Waals surface area contributed by atoms with Gasteiger partial charge < -0.3 is 4.74 Å². The second-order valence-electron chi connectivity index (χ2n) is 3.70. The van der Waals surface area contributed by atoms with Gasteiger partial charge in [0.25, 0.3) is 0 Å². The molecule has 0 aromatic carbocycles. The van der Waals surface area contributed by atoms with Crippen LogP contribution in [-0.4, -0.2) is 19.0 Å². The van der Waals surface area contributed by atoms with Gasteiger partial charge in [0, 0.05) is 18.6 Å². The fraction of sp³-hybridized carbons (Fsp3) is 0.900. The maximum atomic E-state index is 11.1. The molecule has 1 aliphatic carbocycles. The molecule has 0 spiro atoms. The minimum Gasteiger partial charge on any atom is -0.381 e. The molecule has 1 saturated carbocycles. The Kier molecular flexibility index (Phi) is 3.27. The molecule has 0 amide bonds. The van der Waals surface area contributed by atoms with Crippen LogP contribution in [0.4, 0.5) is 0 Å². The van der Waals surface area contributed by atoms with Gasteiger partial charge in [-0.1, -0.05) is 6.92 Å². The molecule has 0 aliphatic heterocycles. The van der Waals surface area contributed by atoms with E-state index in [1.165, 1.54) is 0 Å². The minimum absolute atomic E-state index is 0.0355. The van der Waals surface area contributed by atoms with Crippen molar-refractivity contribution in [2.75, 3.05) is 13.2 Å². The zero-order valence-electron chi connectivity index (χ0n) is 8.06. The highest BCUT2D eigenvalue weighted by Gasteiger charge is 2.46. The molecule has 0 bridgehead atoms. The summed E-state index contributed by atoms with van der Waals surface area (Å²) < 4.78 is 5.36.